The van der Waals surface area contributed by atoms with Crippen LogP contribution in [0.2, 0.25) is 0 Å². The normalized spacial score (nSPS) is 10.9. The van der Waals surface area contributed by atoms with Crippen LogP contribution in [0.3, 0.4) is 0 Å². The molecule has 1 amide bonds. The van der Waals surface area contributed by atoms with Crippen molar-refractivity contribution >= 4 is 33.9 Å². The summed E-state index contributed by atoms with van der Waals surface area (Å²) in [5.41, 5.74) is 0.703. The number of benzene rings is 3. The monoisotopic (exact) mass is 490 g/mol. The predicted octanol–water partition coefficient (Wildman–Crippen LogP) is 5.07. The number of carbonyl (C=O) groups excluding carboxylic acids is 1. The third-order valence-electron chi connectivity index (χ3n) is 5.42. The summed E-state index contributed by atoms with van der Waals surface area (Å²) < 4.78 is 6.58. The van der Waals surface area contributed by atoms with Crippen LogP contribution in [-0.4, -0.2) is 37.9 Å². The maximum atomic E-state index is 13.1. The van der Waals surface area contributed by atoms with Crippen LogP contribution < -0.4 is 10.1 Å². The largest absolute Gasteiger partial charge is 0.505 e. The quantitative estimate of drug-likeness (QED) is 0.315. The van der Waals surface area contributed by atoms with E-state index in [4.69, 9.17) is 4.74 Å². The molecule has 2 heterocycles. The van der Waals surface area contributed by atoms with Gasteiger partial charge in [0.1, 0.15) is 23.1 Å². The number of phenols is 1. The standard InChI is InChI=1S/C26H18N8O3/c1-37-19-8-9-20-16(12-19)13-21(25(36)31-18-6-3-2-4-7-18)23(35)22(20)32-33-24-17(14-27)15-30-34(24)26-28-10-5-11-29-26/h2-13,15,35H,1H3,(H,31,36). The Bertz CT molecular complexity index is 1680. The maximum absolute atomic E-state index is 13.1. The van der Waals surface area contributed by atoms with Crippen molar-refractivity contribution in [2.24, 2.45) is 10.2 Å². The van der Waals surface area contributed by atoms with Crippen LogP contribution in [0, 0.1) is 11.3 Å². The molecular weight excluding hydrogens is 472 g/mol. The van der Waals surface area contributed by atoms with E-state index in [0.29, 0.717) is 22.2 Å². The second-order valence-electron chi connectivity index (χ2n) is 7.68. The molecule has 3 aromatic carbocycles. The van der Waals surface area contributed by atoms with Crippen LogP contribution in [0.5, 0.6) is 11.5 Å². The molecule has 5 aromatic rings. The number of methoxy groups -OCH3 is 1. The lowest BCUT2D eigenvalue weighted by Crippen LogP contribution is -2.12. The Balaban J connectivity index is 1.64. The van der Waals surface area contributed by atoms with Crippen LogP contribution in [0.4, 0.5) is 17.2 Å². The number of rotatable bonds is 6. The van der Waals surface area contributed by atoms with E-state index in [-0.39, 0.29) is 34.3 Å². The highest BCUT2D eigenvalue weighted by Crippen LogP contribution is 2.41. The summed E-state index contributed by atoms with van der Waals surface area (Å²) in [5.74, 6) is -0.107. The van der Waals surface area contributed by atoms with Crippen LogP contribution in [0.25, 0.3) is 16.7 Å². The number of phenolic OH excluding ortho intramolecular Hbond substituents is 1. The van der Waals surface area contributed by atoms with Crippen molar-refractivity contribution in [2.45, 2.75) is 0 Å². The topological polar surface area (TPSA) is 151 Å². The lowest BCUT2D eigenvalue weighted by Gasteiger charge is -2.12. The van der Waals surface area contributed by atoms with Gasteiger partial charge in [-0.2, -0.15) is 15.0 Å². The van der Waals surface area contributed by atoms with Crippen LogP contribution >= 0.6 is 0 Å². The fourth-order valence-electron chi connectivity index (χ4n) is 3.64. The Labute approximate surface area is 210 Å². The molecule has 0 aliphatic rings. The number of carbonyl (C=O) groups is 1. The van der Waals surface area contributed by atoms with E-state index in [1.807, 2.05) is 12.1 Å². The van der Waals surface area contributed by atoms with Gasteiger partial charge in [0, 0.05) is 23.5 Å². The molecule has 0 fully saturated rings. The first-order chi connectivity index (χ1) is 18.1. The zero-order valence-electron chi connectivity index (χ0n) is 19.4. The number of aromatic nitrogens is 4. The van der Waals surface area contributed by atoms with Gasteiger partial charge in [-0.05, 0) is 47.9 Å². The summed E-state index contributed by atoms with van der Waals surface area (Å²) in [6.45, 7) is 0. The van der Waals surface area contributed by atoms with Crippen molar-refractivity contribution in [1.82, 2.24) is 19.7 Å². The number of hydrogen-bond donors (Lipinski definition) is 2. The van der Waals surface area contributed by atoms with Gasteiger partial charge in [-0.3, -0.25) is 4.79 Å². The Morgan fingerprint density at radius 3 is 2.59 bits per heavy atom. The molecule has 5 rings (SSSR count). The third-order valence-corrected chi connectivity index (χ3v) is 5.42. The average molecular weight is 490 g/mol. The summed E-state index contributed by atoms with van der Waals surface area (Å²) in [7, 11) is 1.53. The molecule has 2 N–H and O–H groups in total. The van der Waals surface area contributed by atoms with E-state index in [1.54, 1.807) is 54.6 Å². The summed E-state index contributed by atoms with van der Waals surface area (Å²) >= 11 is 0. The van der Waals surface area contributed by atoms with Crippen molar-refractivity contribution < 1.29 is 14.6 Å². The van der Waals surface area contributed by atoms with Gasteiger partial charge in [0.25, 0.3) is 11.9 Å². The van der Waals surface area contributed by atoms with E-state index in [2.05, 4.69) is 30.6 Å². The molecule has 0 saturated carbocycles. The number of nitrogens with one attached hydrogen (secondary N) is 1. The Morgan fingerprint density at radius 1 is 1.08 bits per heavy atom. The molecule has 11 heteroatoms. The predicted molar refractivity (Wildman–Crippen MR) is 135 cm³/mol. The first-order valence-electron chi connectivity index (χ1n) is 11.0. The van der Waals surface area contributed by atoms with Crippen molar-refractivity contribution in [2.75, 3.05) is 12.4 Å². The molecule has 0 atom stereocenters. The second kappa shape index (κ2) is 9.93. The van der Waals surface area contributed by atoms with E-state index in [9.17, 15) is 15.2 Å². The molecule has 180 valence electrons. The first kappa shape index (κ1) is 23.1. The van der Waals surface area contributed by atoms with Gasteiger partial charge in [0.2, 0.25) is 0 Å². The summed E-state index contributed by atoms with van der Waals surface area (Å²) in [5, 5.41) is 37.2. The molecular formula is C26H18N8O3. The average Bonchev–Trinajstić information content (AvgIpc) is 3.36. The van der Waals surface area contributed by atoms with Gasteiger partial charge in [0.05, 0.1) is 18.9 Å². The van der Waals surface area contributed by atoms with Crippen molar-refractivity contribution in [3.8, 4) is 23.5 Å². The molecule has 0 saturated heterocycles. The number of amides is 1. The van der Waals surface area contributed by atoms with E-state index in [1.165, 1.54) is 30.4 Å². The molecule has 2 aromatic heterocycles. The zero-order valence-corrected chi connectivity index (χ0v) is 19.4. The molecule has 37 heavy (non-hydrogen) atoms. The molecule has 0 bridgehead atoms. The van der Waals surface area contributed by atoms with Gasteiger partial charge in [-0.25, -0.2) is 9.97 Å². The molecule has 0 radical (unpaired) electrons. The van der Waals surface area contributed by atoms with Crippen molar-refractivity contribution in [1.29, 1.82) is 5.26 Å². The molecule has 0 aliphatic carbocycles. The minimum absolute atomic E-state index is 0.0148. The van der Waals surface area contributed by atoms with Crippen molar-refractivity contribution in [3.05, 3.63) is 90.4 Å². The molecule has 0 aliphatic heterocycles. The molecule has 0 unspecified atom stereocenters. The third kappa shape index (κ3) is 4.54. The van der Waals surface area contributed by atoms with Gasteiger partial charge in [-0.15, -0.1) is 10.2 Å². The highest BCUT2D eigenvalue weighted by Gasteiger charge is 2.20. The number of ether oxygens (including phenoxy) is 1. The number of para-hydroxylation sites is 1. The number of anilines is 1. The summed E-state index contributed by atoms with van der Waals surface area (Å²) in [6, 6.07) is 19.2. The van der Waals surface area contributed by atoms with Gasteiger partial charge in [-0.1, -0.05) is 18.2 Å². The number of nitriles is 1. The highest BCUT2D eigenvalue weighted by atomic mass is 16.5. The highest BCUT2D eigenvalue weighted by molar-refractivity contribution is 6.11. The number of nitrogens with zero attached hydrogens (tertiary/aromatic N) is 7. The Morgan fingerprint density at radius 2 is 1.86 bits per heavy atom. The first-order valence-corrected chi connectivity index (χ1v) is 11.0. The summed E-state index contributed by atoms with van der Waals surface area (Å²) in [6.07, 6.45) is 4.37. The minimum Gasteiger partial charge on any atom is -0.505 e. The minimum atomic E-state index is -0.537. The van der Waals surface area contributed by atoms with Crippen LogP contribution in [0.15, 0.2) is 89.5 Å². The fraction of sp³-hybridized carbons (Fsp3) is 0.0385. The summed E-state index contributed by atoms with van der Waals surface area (Å²) in [4.78, 5) is 21.4. The Kier molecular flexibility index (Phi) is 6.21. The lowest BCUT2D eigenvalue weighted by atomic mass is 10.0. The Hall–Kier alpha value is -5.63. The smallest absolute Gasteiger partial charge is 0.259 e. The number of hydrogen-bond acceptors (Lipinski definition) is 9. The van der Waals surface area contributed by atoms with Crippen molar-refractivity contribution in [3.63, 3.8) is 0 Å². The second-order valence-corrected chi connectivity index (χ2v) is 7.68. The number of aromatic hydroxyl groups is 1. The SMILES string of the molecule is COc1ccc2c(N=Nc3c(C#N)cnn3-c3ncccn3)c(O)c(C(=O)Nc3ccccc3)cc2c1. The van der Waals surface area contributed by atoms with Crippen LogP contribution in [-0.2, 0) is 0 Å². The van der Waals surface area contributed by atoms with E-state index >= 15 is 0 Å². The fourth-order valence-corrected chi connectivity index (χ4v) is 3.64. The van der Waals surface area contributed by atoms with E-state index in [0.717, 1.165) is 0 Å². The number of azo groups is 1. The number of fused-ring (bicyclic) bond motifs is 1. The van der Waals surface area contributed by atoms with Gasteiger partial charge in [0.15, 0.2) is 11.6 Å². The zero-order chi connectivity index (χ0) is 25.8. The lowest BCUT2D eigenvalue weighted by molar-refractivity contribution is 0.102. The maximum Gasteiger partial charge on any atom is 0.259 e. The molecule has 11 nitrogen and oxygen atoms in total. The van der Waals surface area contributed by atoms with Crippen LogP contribution in [0.1, 0.15) is 15.9 Å². The van der Waals surface area contributed by atoms with Gasteiger partial charge >= 0.3 is 0 Å². The molecule has 0 spiro atoms. The van der Waals surface area contributed by atoms with E-state index < -0.39 is 5.91 Å². The van der Waals surface area contributed by atoms with Gasteiger partial charge < -0.3 is 15.2 Å².